The Bertz CT molecular complexity index is 810. The van der Waals surface area contributed by atoms with E-state index in [4.69, 9.17) is 11.6 Å². The molecule has 3 rings (SSSR count). The number of pyridine rings is 1. The van der Waals surface area contributed by atoms with Gasteiger partial charge in [0.15, 0.2) is 0 Å². The predicted octanol–water partition coefficient (Wildman–Crippen LogP) is 2.26. The lowest BCUT2D eigenvalue weighted by Gasteiger charge is -2.36. The molecule has 1 fully saturated rings. The van der Waals surface area contributed by atoms with Gasteiger partial charge in [0.2, 0.25) is 10.0 Å². The maximum Gasteiger partial charge on any atom is 0.244 e. The van der Waals surface area contributed by atoms with Crippen molar-refractivity contribution in [2.45, 2.75) is 30.8 Å². The molecule has 22 heavy (non-hydrogen) atoms. The number of nitrogens with zero attached hydrogens (tertiary/aromatic N) is 2. The molecule has 1 aromatic carbocycles. The molecule has 2 unspecified atom stereocenters. The van der Waals surface area contributed by atoms with Crippen LogP contribution in [0.5, 0.6) is 0 Å². The minimum atomic E-state index is -3.58. The number of rotatable bonds is 2. The monoisotopic (exact) mass is 339 g/mol. The van der Waals surface area contributed by atoms with Crippen LogP contribution in [0.1, 0.15) is 13.8 Å². The number of benzene rings is 1. The number of sulfonamides is 1. The summed E-state index contributed by atoms with van der Waals surface area (Å²) in [5, 5.41) is 4.88. The zero-order valence-electron chi connectivity index (χ0n) is 12.5. The van der Waals surface area contributed by atoms with Gasteiger partial charge in [-0.05, 0) is 26.0 Å². The van der Waals surface area contributed by atoms with Gasteiger partial charge in [-0.25, -0.2) is 13.4 Å². The molecule has 0 spiro atoms. The summed E-state index contributed by atoms with van der Waals surface area (Å²) in [5.74, 6) is 0. The molecule has 1 saturated heterocycles. The zero-order valence-corrected chi connectivity index (χ0v) is 14.0. The number of fused-ring (bicyclic) bond motifs is 1. The molecule has 0 amide bonds. The number of nitrogens with one attached hydrogen (secondary N) is 1. The molecule has 0 radical (unpaired) electrons. The molecule has 2 aromatic rings. The van der Waals surface area contributed by atoms with Crippen LogP contribution in [0.4, 0.5) is 0 Å². The van der Waals surface area contributed by atoms with Crippen LogP contribution in [0.25, 0.3) is 10.8 Å². The summed E-state index contributed by atoms with van der Waals surface area (Å²) in [6, 6.07) is 6.87. The number of aromatic nitrogens is 1. The molecule has 1 aliphatic rings. The van der Waals surface area contributed by atoms with Crippen LogP contribution in [0, 0.1) is 0 Å². The van der Waals surface area contributed by atoms with Gasteiger partial charge in [-0.2, -0.15) is 4.31 Å². The van der Waals surface area contributed by atoms with Crippen LogP contribution in [0.15, 0.2) is 35.4 Å². The molecule has 2 heterocycles. The summed E-state index contributed by atoms with van der Waals surface area (Å²) in [6.07, 6.45) is 1.54. The van der Waals surface area contributed by atoms with Crippen molar-refractivity contribution >= 4 is 32.4 Å². The van der Waals surface area contributed by atoms with E-state index in [9.17, 15) is 8.42 Å². The maximum absolute atomic E-state index is 13.1. The molecule has 118 valence electrons. The first-order chi connectivity index (χ1) is 10.4. The highest BCUT2D eigenvalue weighted by Gasteiger charge is 2.34. The number of hydrogen-bond acceptors (Lipinski definition) is 4. The summed E-state index contributed by atoms with van der Waals surface area (Å²) in [7, 11) is -3.58. The second kappa shape index (κ2) is 5.77. The van der Waals surface area contributed by atoms with Gasteiger partial charge in [-0.3, -0.25) is 0 Å². The topological polar surface area (TPSA) is 62.3 Å². The van der Waals surface area contributed by atoms with Crippen LogP contribution in [-0.2, 0) is 10.0 Å². The summed E-state index contributed by atoms with van der Waals surface area (Å²) in [6.45, 7) is 5.00. The first-order valence-corrected chi connectivity index (χ1v) is 9.01. The first-order valence-electron chi connectivity index (χ1n) is 7.19. The van der Waals surface area contributed by atoms with Crippen molar-refractivity contribution in [1.82, 2.24) is 14.6 Å². The third kappa shape index (κ3) is 2.60. The van der Waals surface area contributed by atoms with Crippen molar-refractivity contribution in [2.75, 3.05) is 13.1 Å². The molecule has 0 aliphatic carbocycles. The molecule has 2 atom stereocenters. The van der Waals surface area contributed by atoms with Crippen LogP contribution in [0.2, 0.25) is 5.15 Å². The van der Waals surface area contributed by atoms with Crippen molar-refractivity contribution in [1.29, 1.82) is 0 Å². The highest BCUT2D eigenvalue weighted by Crippen LogP contribution is 2.30. The highest BCUT2D eigenvalue weighted by atomic mass is 35.5. The lowest BCUT2D eigenvalue weighted by Crippen LogP contribution is -2.56. The third-order valence-electron chi connectivity index (χ3n) is 4.01. The Balaban J connectivity index is 2.15. The molecule has 5 nitrogen and oxygen atoms in total. The van der Waals surface area contributed by atoms with Gasteiger partial charge < -0.3 is 5.32 Å². The Hall–Kier alpha value is -1.21. The van der Waals surface area contributed by atoms with Crippen LogP contribution < -0.4 is 5.32 Å². The summed E-state index contributed by atoms with van der Waals surface area (Å²) >= 11 is 6.09. The number of hydrogen-bond donors (Lipinski definition) is 1. The molecule has 7 heteroatoms. The summed E-state index contributed by atoms with van der Waals surface area (Å²) in [4.78, 5) is 4.30. The Morgan fingerprint density at radius 3 is 2.82 bits per heavy atom. The van der Waals surface area contributed by atoms with Crippen LogP contribution in [-0.4, -0.2) is 42.9 Å². The SMILES string of the molecule is CC1CN(S(=O)(=O)c2cccc3c(Cl)nccc23)C(C)CN1. The largest absolute Gasteiger partial charge is 0.311 e. The normalized spacial score (nSPS) is 23.8. The Kier molecular flexibility index (Phi) is 4.11. The van der Waals surface area contributed by atoms with Crippen molar-refractivity contribution in [2.24, 2.45) is 0 Å². The first kappa shape index (κ1) is 15.7. The van der Waals surface area contributed by atoms with E-state index in [0.717, 1.165) is 0 Å². The zero-order chi connectivity index (χ0) is 15.9. The molecule has 0 bridgehead atoms. The lowest BCUT2D eigenvalue weighted by molar-refractivity contribution is 0.245. The molecule has 0 saturated carbocycles. The fourth-order valence-electron chi connectivity index (χ4n) is 2.82. The average molecular weight is 340 g/mol. The van der Waals surface area contributed by atoms with Crippen molar-refractivity contribution in [3.8, 4) is 0 Å². The second-order valence-electron chi connectivity index (χ2n) is 5.69. The fraction of sp³-hybridized carbons (Fsp3) is 0.400. The molecule has 1 N–H and O–H groups in total. The van der Waals surface area contributed by atoms with Gasteiger partial charge in [0.25, 0.3) is 0 Å². The van der Waals surface area contributed by atoms with Crippen molar-refractivity contribution in [3.63, 3.8) is 0 Å². The second-order valence-corrected chi connectivity index (χ2v) is 7.90. The van der Waals surface area contributed by atoms with E-state index < -0.39 is 10.0 Å². The quantitative estimate of drug-likeness (QED) is 0.852. The van der Waals surface area contributed by atoms with Crippen LogP contribution >= 0.6 is 11.6 Å². The van der Waals surface area contributed by atoms with E-state index in [1.165, 1.54) is 6.20 Å². The van der Waals surface area contributed by atoms with Gasteiger partial charge in [0, 0.05) is 42.1 Å². The van der Waals surface area contributed by atoms with Gasteiger partial charge in [-0.1, -0.05) is 23.7 Å². The minimum absolute atomic E-state index is 0.0891. The van der Waals surface area contributed by atoms with Crippen molar-refractivity contribution < 1.29 is 8.42 Å². The Labute approximate surface area is 135 Å². The summed E-state index contributed by atoms with van der Waals surface area (Å²) in [5.41, 5.74) is 0. The van der Waals surface area contributed by atoms with Gasteiger partial charge >= 0.3 is 0 Å². The van der Waals surface area contributed by atoms with Gasteiger partial charge in [-0.15, -0.1) is 0 Å². The van der Waals surface area contributed by atoms with E-state index in [1.807, 2.05) is 13.8 Å². The average Bonchev–Trinajstić information content (AvgIpc) is 2.49. The van der Waals surface area contributed by atoms with Gasteiger partial charge in [0.1, 0.15) is 5.15 Å². The Morgan fingerprint density at radius 1 is 1.27 bits per heavy atom. The fourth-order valence-corrected chi connectivity index (χ4v) is 4.97. The minimum Gasteiger partial charge on any atom is -0.311 e. The molecule has 1 aromatic heterocycles. The maximum atomic E-state index is 13.1. The van der Waals surface area contributed by atoms with Crippen molar-refractivity contribution in [3.05, 3.63) is 35.6 Å². The third-order valence-corrected chi connectivity index (χ3v) is 6.35. The number of piperazine rings is 1. The van der Waals surface area contributed by atoms with E-state index in [2.05, 4.69) is 10.3 Å². The smallest absolute Gasteiger partial charge is 0.244 e. The standard InChI is InChI=1S/C15H18ClN3O2S/c1-10-9-19(11(2)8-18-10)22(20,21)14-5-3-4-13-12(14)6-7-17-15(13)16/h3-7,10-11,18H,8-9H2,1-2H3. The van der Waals surface area contributed by atoms with E-state index in [1.54, 1.807) is 28.6 Å². The predicted molar refractivity (Wildman–Crippen MR) is 87.6 cm³/mol. The van der Waals surface area contributed by atoms with E-state index >= 15 is 0 Å². The van der Waals surface area contributed by atoms with Gasteiger partial charge in [0.05, 0.1) is 4.90 Å². The molecular formula is C15H18ClN3O2S. The number of halogens is 1. The van der Waals surface area contributed by atoms with E-state index in [0.29, 0.717) is 29.0 Å². The summed E-state index contributed by atoms with van der Waals surface area (Å²) < 4.78 is 27.8. The lowest BCUT2D eigenvalue weighted by atomic mass is 10.2. The molecular weight excluding hydrogens is 322 g/mol. The van der Waals surface area contributed by atoms with E-state index in [-0.39, 0.29) is 17.0 Å². The Morgan fingerprint density at radius 2 is 2.05 bits per heavy atom. The molecule has 1 aliphatic heterocycles. The van der Waals surface area contributed by atoms with Crippen LogP contribution in [0.3, 0.4) is 0 Å². The highest BCUT2D eigenvalue weighted by molar-refractivity contribution is 7.89.